The number of likely N-dealkylation sites (N-methyl/N-ethyl adjacent to an activating group) is 1. The second-order valence-electron chi connectivity index (χ2n) is 9.79. The molecule has 202 valence electrons. The van der Waals surface area contributed by atoms with Gasteiger partial charge in [0.15, 0.2) is 5.82 Å². The maximum absolute atomic E-state index is 6.11. The van der Waals surface area contributed by atoms with E-state index >= 15 is 0 Å². The number of hydrogen-bond acceptors (Lipinski definition) is 8. The summed E-state index contributed by atoms with van der Waals surface area (Å²) in [7, 11) is 2.20. The third kappa shape index (κ3) is 9.02. The lowest BCUT2D eigenvalue weighted by Gasteiger charge is -2.32. The molecule has 5 rings (SSSR count). The highest BCUT2D eigenvalue weighted by molar-refractivity contribution is 7.07. The van der Waals surface area contributed by atoms with Gasteiger partial charge >= 0.3 is 0 Å². The van der Waals surface area contributed by atoms with Crippen LogP contribution < -0.4 is 15.4 Å². The lowest BCUT2D eigenvalue weighted by molar-refractivity contribution is 0.155. The van der Waals surface area contributed by atoms with E-state index in [4.69, 9.17) is 4.74 Å². The fraction of sp³-hybridized carbons (Fsp3) is 0.500. The molecule has 0 bridgehead atoms. The average molecular weight is 545 g/mol. The van der Waals surface area contributed by atoms with Crippen molar-refractivity contribution >= 4 is 23.9 Å². The van der Waals surface area contributed by atoms with Gasteiger partial charge in [-0.15, -0.1) is 12.4 Å². The van der Waals surface area contributed by atoms with Crippen LogP contribution in [0.4, 0.5) is 0 Å². The molecule has 2 aliphatic rings. The van der Waals surface area contributed by atoms with Crippen molar-refractivity contribution in [3.05, 3.63) is 58.7 Å². The van der Waals surface area contributed by atoms with E-state index in [-0.39, 0.29) is 12.4 Å². The minimum Gasteiger partial charge on any atom is -0.430 e. The van der Waals surface area contributed by atoms with Gasteiger partial charge < -0.3 is 25.2 Å². The van der Waals surface area contributed by atoms with Crippen molar-refractivity contribution in [2.75, 3.05) is 66.0 Å². The summed E-state index contributed by atoms with van der Waals surface area (Å²) >= 11 is 1.30. The largest absolute Gasteiger partial charge is 0.430 e. The van der Waals surface area contributed by atoms with Gasteiger partial charge in [-0.3, -0.25) is 0 Å². The van der Waals surface area contributed by atoms with E-state index in [9.17, 15) is 0 Å². The number of nitrogens with zero attached hydrogens (tertiary/aromatic N) is 4. The Balaban J connectivity index is 0.000000479. The average Bonchev–Trinajstić information content (AvgIpc) is 3.36. The Morgan fingerprint density at radius 3 is 2.16 bits per heavy atom. The first-order valence-corrected chi connectivity index (χ1v) is 13.8. The number of nitrogens with one attached hydrogen (secondary N) is 2. The summed E-state index contributed by atoms with van der Waals surface area (Å²) in [5.41, 5.74) is 6.05. The summed E-state index contributed by atoms with van der Waals surface area (Å²) in [4.78, 5) is 9.54. The second kappa shape index (κ2) is 14.8. The highest BCUT2D eigenvalue weighted by atomic mass is 35.5. The van der Waals surface area contributed by atoms with Gasteiger partial charge in [-0.05, 0) is 57.0 Å². The van der Waals surface area contributed by atoms with Crippen molar-refractivity contribution in [2.24, 2.45) is 0 Å². The minimum absolute atomic E-state index is 0. The number of hydrogen-bond donors (Lipinski definition) is 2. The van der Waals surface area contributed by atoms with Gasteiger partial charge in [-0.2, -0.15) is 9.36 Å². The van der Waals surface area contributed by atoms with E-state index in [0.717, 1.165) is 82.2 Å². The highest BCUT2D eigenvalue weighted by Gasteiger charge is 2.15. The molecule has 2 aromatic carbocycles. The topological polar surface area (TPSA) is 65.6 Å². The van der Waals surface area contributed by atoms with Gasteiger partial charge in [-0.25, -0.2) is 0 Å². The fourth-order valence-corrected chi connectivity index (χ4v) is 4.91. The molecule has 2 saturated heterocycles. The van der Waals surface area contributed by atoms with Crippen LogP contribution in [-0.4, -0.2) is 85.1 Å². The standard InChI is InChI=1S/C24H30N4OS.C4H10N2.ClH/c1-17-5-7-20(8-6-17)23-25-24(30-26-23)29-22-16-18(2)21(15-19(22)3)9-10-28-13-11-27(4)12-14-28;1-2-6-4-3-5-1;/h5-8,15-16H,9-14H2,1-4H3;5-6H,1-4H2;1H. The van der Waals surface area contributed by atoms with Gasteiger partial charge in [0.1, 0.15) is 5.75 Å². The Bertz CT molecular complexity index is 1080. The molecule has 2 N–H and O–H groups in total. The molecule has 0 spiro atoms. The Kier molecular flexibility index (Phi) is 11.8. The molecule has 0 atom stereocenters. The maximum atomic E-state index is 6.11. The zero-order valence-corrected chi connectivity index (χ0v) is 24.2. The molecule has 2 fully saturated rings. The number of aryl methyl sites for hydroxylation is 3. The van der Waals surface area contributed by atoms with Crippen LogP contribution in [-0.2, 0) is 6.42 Å². The molecule has 0 aliphatic carbocycles. The van der Waals surface area contributed by atoms with Gasteiger partial charge in [0.25, 0.3) is 5.19 Å². The fourth-order valence-electron chi connectivity index (χ4n) is 4.35. The molecule has 7 nitrogen and oxygen atoms in total. The van der Waals surface area contributed by atoms with E-state index in [1.54, 1.807) is 0 Å². The van der Waals surface area contributed by atoms with Crippen molar-refractivity contribution in [3.8, 4) is 22.3 Å². The van der Waals surface area contributed by atoms with E-state index < -0.39 is 0 Å². The SMILES string of the molecule is C1CNCCN1.Cc1ccc(-c2nsc(Oc3cc(C)c(CCN4CCN(C)CC4)cc3C)n2)cc1.Cl. The van der Waals surface area contributed by atoms with Crippen LogP contribution in [0.15, 0.2) is 36.4 Å². The summed E-state index contributed by atoms with van der Waals surface area (Å²) in [6.07, 6.45) is 1.08. The first-order chi connectivity index (χ1) is 17.5. The second-order valence-corrected chi connectivity index (χ2v) is 10.5. The zero-order chi connectivity index (χ0) is 25.3. The third-order valence-electron chi connectivity index (χ3n) is 6.80. The highest BCUT2D eigenvalue weighted by Crippen LogP contribution is 2.31. The quantitative estimate of drug-likeness (QED) is 0.479. The van der Waals surface area contributed by atoms with Crippen LogP contribution in [0.3, 0.4) is 0 Å². The minimum atomic E-state index is 0. The maximum Gasteiger partial charge on any atom is 0.299 e. The molecule has 37 heavy (non-hydrogen) atoms. The molecule has 2 aliphatic heterocycles. The summed E-state index contributed by atoms with van der Waals surface area (Å²) in [6.45, 7) is 16.7. The van der Waals surface area contributed by atoms with E-state index in [1.807, 2.05) is 12.1 Å². The predicted octanol–water partition coefficient (Wildman–Crippen LogP) is 4.31. The molecular weight excluding hydrogens is 504 g/mol. The molecule has 0 radical (unpaired) electrons. The van der Waals surface area contributed by atoms with Crippen molar-refractivity contribution in [1.29, 1.82) is 0 Å². The van der Waals surface area contributed by atoms with Crippen molar-refractivity contribution in [1.82, 2.24) is 29.8 Å². The summed E-state index contributed by atoms with van der Waals surface area (Å²) in [5, 5.41) is 7.03. The lowest BCUT2D eigenvalue weighted by atomic mass is 10.0. The van der Waals surface area contributed by atoms with Crippen molar-refractivity contribution in [2.45, 2.75) is 27.2 Å². The monoisotopic (exact) mass is 544 g/mol. The van der Waals surface area contributed by atoms with Crippen molar-refractivity contribution < 1.29 is 4.74 Å². The summed E-state index contributed by atoms with van der Waals surface area (Å²) < 4.78 is 10.6. The van der Waals surface area contributed by atoms with Crippen LogP contribution in [0.2, 0.25) is 0 Å². The van der Waals surface area contributed by atoms with E-state index in [1.165, 1.54) is 28.2 Å². The third-order valence-corrected chi connectivity index (χ3v) is 7.39. The van der Waals surface area contributed by atoms with E-state index in [2.05, 4.69) is 81.9 Å². The van der Waals surface area contributed by atoms with Crippen LogP contribution in [0.5, 0.6) is 10.9 Å². The van der Waals surface area contributed by atoms with Crippen molar-refractivity contribution in [3.63, 3.8) is 0 Å². The summed E-state index contributed by atoms with van der Waals surface area (Å²) in [5.74, 6) is 1.58. The lowest BCUT2D eigenvalue weighted by Crippen LogP contribution is -2.45. The Morgan fingerprint density at radius 2 is 1.54 bits per heavy atom. The van der Waals surface area contributed by atoms with Crippen LogP contribution in [0, 0.1) is 20.8 Å². The number of ether oxygens (including phenoxy) is 1. The number of halogens is 1. The summed E-state index contributed by atoms with van der Waals surface area (Å²) in [6, 6.07) is 12.7. The molecule has 9 heteroatoms. The first kappa shape index (κ1) is 29.5. The first-order valence-electron chi connectivity index (χ1n) is 13.0. The Labute approximate surface area is 232 Å². The molecular formula is C28H41ClN6OS. The molecule has 3 aromatic rings. The smallest absolute Gasteiger partial charge is 0.299 e. The Morgan fingerprint density at radius 1 is 0.892 bits per heavy atom. The number of rotatable bonds is 6. The van der Waals surface area contributed by atoms with Gasteiger partial charge in [0, 0.05) is 76.0 Å². The van der Waals surface area contributed by atoms with Gasteiger partial charge in [0.2, 0.25) is 0 Å². The molecule has 1 aromatic heterocycles. The van der Waals surface area contributed by atoms with Crippen LogP contribution >= 0.6 is 23.9 Å². The molecule has 3 heterocycles. The zero-order valence-electron chi connectivity index (χ0n) is 22.5. The molecule has 0 saturated carbocycles. The van der Waals surface area contributed by atoms with Gasteiger partial charge in [-0.1, -0.05) is 35.9 Å². The normalized spacial score (nSPS) is 16.4. The molecule has 0 unspecified atom stereocenters. The van der Waals surface area contributed by atoms with Crippen LogP contribution in [0.1, 0.15) is 22.3 Å². The number of benzene rings is 2. The Hall–Kier alpha value is -2.07. The number of piperazine rings is 2. The van der Waals surface area contributed by atoms with Gasteiger partial charge in [0.05, 0.1) is 0 Å². The molecule has 0 amide bonds. The predicted molar refractivity (Wildman–Crippen MR) is 157 cm³/mol. The van der Waals surface area contributed by atoms with E-state index in [0.29, 0.717) is 11.0 Å². The van der Waals surface area contributed by atoms with Crippen LogP contribution in [0.25, 0.3) is 11.4 Å². The number of aromatic nitrogens is 2.